The van der Waals surface area contributed by atoms with Gasteiger partial charge in [0.05, 0.1) is 10.6 Å². The van der Waals surface area contributed by atoms with Crippen molar-refractivity contribution < 1.29 is 12.8 Å². The van der Waals surface area contributed by atoms with Crippen LogP contribution in [-0.2, 0) is 10.0 Å². The number of sulfonamides is 1. The Morgan fingerprint density at radius 1 is 1.10 bits per heavy atom. The molecule has 6 heteroatoms. The highest BCUT2D eigenvalue weighted by Crippen LogP contribution is 2.08. The lowest BCUT2D eigenvalue weighted by Crippen LogP contribution is -2.19. The van der Waals surface area contributed by atoms with Gasteiger partial charge in [-0.25, -0.2) is 4.39 Å². The second-order valence-corrected chi connectivity index (χ2v) is 5.78. The van der Waals surface area contributed by atoms with Crippen LogP contribution < -0.4 is 4.83 Å². The molecule has 0 amide bonds. The van der Waals surface area contributed by atoms with Crippen molar-refractivity contribution in [3.05, 3.63) is 66.0 Å². The maximum atomic E-state index is 13.1. The SMILES string of the molecule is C/C(=N\NS(=O)(=O)c1ccccc1)c1cccc(F)c1. The molecule has 104 valence electrons. The summed E-state index contributed by atoms with van der Waals surface area (Å²) in [4.78, 5) is 2.25. The lowest BCUT2D eigenvalue weighted by molar-refractivity contribution is 0.584. The molecular weight excluding hydrogens is 279 g/mol. The van der Waals surface area contributed by atoms with E-state index >= 15 is 0 Å². The molecule has 0 aliphatic rings. The lowest BCUT2D eigenvalue weighted by Gasteiger charge is -2.05. The Morgan fingerprint density at radius 2 is 1.80 bits per heavy atom. The van der Waals surface area contributed by atoms with Crippen LogP contribution in [0.2, 0.25) is 0 Å². The highest BCUT2D eigenvalue weighted by atomic mass is 32.2. The molecule has 0 atom stereocenters. The zero-order chi connectivity index (χ0) is 14.6. The Bertz CT molecular complexity index is 728. The van der Waals surface area contributed by atoms with Gasteiger partial charge in [-0.1, -0.05) is 30.3 Å². The van der Waals surface area contributed by atoms with E-state index in [4.69, 9.17) is 0 Å². The van der Waals surface area contributed by atoms with Crippen LogP contribution in [0.3, 0.4) is 0 Å². The average Bonchev–Trinajstić information content (AvgIpc) is 2.46. The molecule has 2 aromatic carbocycles. The van der Waals surface area contributed by atoms with Gasteiger partial charge in [0.2, 0.25) is 0 Å². The summed E-state index contributed by atoms with van der Waals surface area (Å²) in [7, 11) is -3.70. The van der Waals surface area contributed by atoms with Crippen molar-refractivity contribution in [2.24, 2.45) is 5.10 Å². The molecule has 0 aliphatic heterocycles. The van der Waals surface area contributed by atoms with Gasteiger partial charge in [0.1, 0.15) is 5.82 Å². The third kappa shape index (κ3) is 3.42. The van der Waals surface area contributed by atoms with Crippen LogP contribution in [0.25, 0.3) is 0 Å². The van der Waals surface area contributed by atoms with E-state index in [2.05, 4.69) is 9.93 Å². The summed E-state index contributed by atoms with van der Waals surface area (Å²) in [5.74, 6) is -0.400. The standard InChI is InChI=1S/C14H13FN2O2S/c1-11(12-6-5-7-13(15)10-12)16-17-20(18,19)14-8-3-2-4-9-14/h2-10,17H,1H3/b16-11+. The quantitative estimate of drug-likeness (QED) is 0.695. The smallest absolute Gasteiger partial charge is 0.207 e. The van der Waals surface area contributed by atoms with Crippen LogP contribution in [0.1, 0.15) is 12.5 Å². The monoisotopic (exact) mass is 292 g/mol. The molecule has 0 unspecified atom stereocenters. The molecule has 0 spiro atoms. The van der Waals surface area contributed by atoms with E-state index in [9.17, 15) is 12.8 Å². The minimum Gasteiger partial charge on any atom is -0.207 e. The third-order valence-corrected chi connectivity index (χ3v) is 3.85. The molecule has 0 heterocycles. The van der Waals surface area contributed by atoms with E-state index in [1.165, 1.54) is 30.3 Å². The maximum absolute atomic E-state index is 13.1. The van der Waals surface area contributed by atoms with Crippen LogP contribution in [0.5, 0.6) is 0 Å². The maximum Gasteiger partial charge on any atom is 0.276 e. The van der Waals surface area contributed by atoms with Gasteiger partial charge in [0.25, 0.3) is 10.0 Å². The van der Waals surface area contributed by atoms with Crippen LogP contribution >= 0.6 is 0 Å². The summed E-state index contributed by atoms with van der Waals surface area (Å²) >= 11 is 0. The molecule has 0 saturated heterocycles. The van der Waals surface area contributed by atoms with Crippen LogP contribution in [0.4, 0.5) is 4.39 Å². The molecule has 4 nitrogen and oxygen atoms in total. The molecule has 0 aromatic heterocycles. The molecule has 0 fully saturated rings. The largest absolute Gasteiger partial charge is 0.276 e. The van der Waals surface area contributed by atoms with Gasteiger partial charge in [0, 0.05) is 5.56 Å². The summed E-state index contributed by atoms with van der Waals surface area (Å²) in [5.41, 5.74) is 0.893. The molecule has 2 rings (SSSR count). The molecule has 0 saturated carbocycles. The van der Waals surface area contributed by atoms with Crippen LogP contribution in [0.15, 0.2) is 64.6 Å². The predicted octanol–water partition coefficient (Wildman–Crippen LogP) is 2.53. The summed E-state index contributed by atoms with van der Waals surface area (Å²) in [6, 6.07) is 13.7. The Labute approximate surface area is 117 Å². The van der Waals surface area contributed by atoms with Crippen molar-refractivity contribution >= 4 is 15.7 Å². The number of nitrogens with zero attached hydrogens (tertiary/aromatic N) is 1. The topological polar surface area (TPSA) is 58.5 Å². The van der Waals surface area contributed by atoms with Gasteiger partial charge in [-0.2, -0.15) is 18.4 Å². The number of rotatable bonds is 4. The van der Waals surface area contributed by atoms with Gasteiger partial charge in [-0.15, -0.1) is 0 Å². The highest BCUT2D eigenvalue weighted by molar-refractivity contribution is 7.89. The molecule has 1 N–H and O–H groups in total. The fourth-order valence-electron chi connectivity index (χ4n) is 1.56. The Balaban J connectivity index is 2.21. The molecule has 20 heavy (non-hydrogen) atoms. The summed E-state index contributed by atoms with van der Waals surface area (Å²) < 4.78 is 37.0. The lowest BCUT2D eigenvalue weighted by atomic mass is 10.1. The highest BCUT2D eigenvalue weighted by Gasteiger charge is 2.12. The van der Waals surface area contributed by atoms with E-state index in [0.29, 0.717) is 11.3 Å². The molecule has 0 bridgehead atoms. The van der Waals surface area contributed by atoms with Gasteiger partial charge >= 0.3 is 0 Å². The van der Waals surface area contributed by atoms with Crippen LogP contribution in [-0.4, -0.2) is 14.1 Å². The van der Waals surface area contributed by atoms with Crippen LogP contribution in [0, 0.1) is 5.82 Å². The zero-order valence-corrected chi connectivity index (χ0v) is 11.6. The molecule has 0 radical (unpaired) electrons. The van der Waals surface area contributed by atoms with E-state index in [1.54, 1.807) is 31.2 Å². The predicted molar refractivity (Wildman–Crippen MR) is 75.4 cm³/mol. The summed E-state index contributed by atoms with van der Waals surface area (Å²) in [5, 5.41) is 3.80. The van der Waals surface area contributed by atoms with Gasteiger partial charge in [-0.3, -0.25) is 0 Å². The van der Waals surface area contributed by atoms with Crippen molar-refractivity contribution in [1.82, 2.24) is 4.83 Å². The van der Waals surface area contributed by atoms with Crippen molar-refractivity contribution in [3.8, 4) is 0 Å². The second kappa shape index (κ2) is 5.83. The first kappa shape index (κ1) is 14.2. The van der Waals surface area contributed by atoms with E-state index in [1.807, 2.05) is 0 Å². The number of hydrazone groups is 1. The minimum absolute atomic E-state index is 0.121. The fourth-order valence-corrected chi connectivity index (χ4v) is 2.44. The summed E-state index contributed by atoms with van der Waals surface area (Å²) in [6.07, 6.45) is 0. The number of hydrogen-bond acceptors (Lipinski definition) is 3. The van der Waals surface area contributed by atoms with Gasteiger partial charge in [0.15, 0.2) is 0 Å². The van der Waals surface area contributed by atoms with Gasteiger partial charge in [-0.05, 0) is 31.2 Å². The van der Waals surface area contributed by atoms with Gasteiger partial charge < -0.3 is 0 Å². The number of hydrogen-bond donors (Lipinski definition) is 1. The van der Waals surface area contributed by atoms with Crippen molar-refractivity contribution in [2.45, 2.75) is 11.8 Å². The number of benzene rings is 2. The molecule has 2 aromatic rings. The average molecular weight is 292 g/mol. The van der Waals surface area contributed by atoms with Crippen molar-refractivity contribution in [1.29, 1.82) is 0 Å². The van der Waals surface area contributed by atoms with E-state index in [-0.39, 0.29) is 4.90 Å². The Morgan fingerprint density at radius 3 is 2.45 bits per heavy atom. The molecule has 0 aliphatic carbocycles. The van der Waals surface area contributed by atoms with Crippen molar-refractivity contribution in [2.75, 3.05) is 0 Å². The van der Waals surface area contributed by atoms with Crippen molar-refractivity contribution in [3.63, 3.8) is 0 Å². The molecular formula is C14H13FN2O2S. The number of nitrogens with one attached hydrogen (secondary N) is 1. The first-order valence-corrected chi connectivity index (χ1v) is 7.34. The van der Waals surface area contributed by atoms with E-state index in [0.717, 1.165) is 0 Å². The Hall–Kier alpha value is -2.21. The zero-order valence-electron chi connectivity index (χ0n) is 10.7. The second-order valence-electron chi connectivity index (χ2n) is 4.12. The normalized spacial score (nSPS) is 12.2. The van der Waals surface area contributed by atoms with E-state index < -0.39 is 15.8 Å². The summed E-state index contributed by atoms with van der Waals surface area (Å²) in [6.45, 7) is 1.60. The first-order valence-electron chi connectivity index (χ1n) is 5.86. The fraction of sp³-hybridized carbons (Fsp3) is 0.0714. The first-order chi connectivity index (χ1) is 9.49. The Kier molecular flexibility index (Phi) is 4.14. The number of halogens is 1. The minimum atomic E-state index is -3.70. The third-order valence-electron chi connectivity index (χ3n) is 2.63.